The third kappa shape index (κ3) is 1.95. The molecule has 0 atom stereocenters. The molecule has 0 aliphatic carbocycles. The van der Waals surface area contributed by atoms with E-state index >= 15 is 0 Å². The minimum absolute atomic E-state index is 0.229. The highest BCUT2D eigenvalue weighted by Crippen LogP contribution is 2.20. The molecule has 0 unspecified atom stereocenters. The van der Waals surface area contributed by atoms with Gasteiger partial charge in [0, 0.05) is 18.0 Å². The Morgan fingerprint density at radius 2 is 1.87 bits per heavy atom. The summed E-state index contributed by atoms with van der Waals surface area (Å²) in [5.74, 6) is 0. The topological polar surface area (TPSA) is 49.6 Å². The highest BCUT2D eigenvalue weighted by atomic mass is 35.5. The van der Waals surface area contributed by atoms with Gasteiger partial charge in [0.15, 0.2) is 0 Å². The molecule has 2 aromatic heterocycles. The van der Waals surface area contributed by atoms with E-state index in [1.807, 2.05) is 18.2 Å². The summed E-state index contributed by atoms with van der Waals surface area (Å²) in [7, 11) is 0. The third-order valence-electron chi connectivity index (χ3n) is 1.95. The van der Waals surface area contributed by atoms with Gasteiger partial charge in [-0.25, -0.2) is 4.98 Å². The lowest BCUT2D eigenvalue weighted by Gasteiger charge is -2.01. The zero-order chi connectivity index (χ0) is 10.7. The van der Waals surface area contributed by atoms with Gasteiger partial charge in [0.2, 0.25) is 0 Å². The number of hydrogen-bond acceptors (Lipinski definition) is 3. The van der Waals surface area contributed by atoms with Crippen molar-refractivity contribution in [1.82, 2.24) is 9.97 Å². The molecular formula is C11H6ClN3. The predicted molar refractivity (Wildman–Crippen MR) is 57.2 cm³/mol. The lowest BCUT2D eigenvalue weighted by Crippen LogP contribution is -1.87. The number of hydrogen-bond donors (Lipinski definition) is 0. The van der Waals surface area contributed by atoms with Crippen LogP contribution in [0.15, 0.2) is 36.7 Å². The fourth-order valence-corrected chi connectivity index (χ4v) is 1.40. The van der Waals surface area contributed by atoms with Gasteiger partial charge >= 0.3 is 0 Å². The van der Waals surface area contributed by atoms with Crippen LogP contribution in [0.5, 0.6) is 0 Å². The second kappa shape index (κ2) is 4.07. The monoisotopic (exact) mass is 215 g/mol. The van der Waals surface area contributed by atoms with Gasteiger partial charge < -0.3 is 0 Å². The molecule has 2 heterocycles. The van der Waals surface area contributed by atoms with Gasteiger partial charge in [0.25, 0.3) is 0 Å². The summed E-state index contributed by atoms with van der Waals surface area (Å²) in [6.07, 6.45) is 3.37. The molecule has 0 spiro atoms. The Balaban J connectivity index is 2.49. The Morgan fingerprint density at radius 3 is 2.47 bits per heavy atom. The molecule has 0 aliphatic rings. The highest BCUT2D eigenvalue weighted by Gasteiger charge is 2.03. The summed E-state index contributed by atoms with van der Waals surface area (Å²) in [5.41, 5.74) is 2.05. The van der Waals surface area contributed by atoms with Crippen LogP contribution >= 0.6 is 11.6 Å². The molecule has 0 radical (unpaired) electrons. The number of pyridine rings is 2. The lowest BCUT2D eigenvalue weighted by molar-refractivity contribution is 1.27. The molecule has 0 saturated heterocycles. The summed E-state index contributed by atoms with van der Waals surface area (Å²) in [6.45, 7) is 0. The summed E-state index contributed by atoms with van der Waals surface area (Å²) < 4.78 is 0. The maximum Gasteiger partial charge on any atom is 0.147 e. The molecule has 15 heavy (non-hydrogen) atoms. The van der Waals surface area contributed by atoms with Gasteiger partial charge in [-0.05, 0) is 24.3 Å². The Kier molecular flexibility index (Phi) is 2.61. The molecule has 0 fully saturated rings. The van der Waals surface area contributed by atoms with E-state index in [9.17, 15) is 0 Å². The highest BCUT2D eigenvalue weighted by molar-refractivity contribution is 6.30. The quantitative estimate of drug-likeness (QED) is 0.688. The van der Waals surface area contributed by atoms with E-state index < -0.39 is 0 Å². The SMILES string of the molecule is N#Cc1ccc(-c2ccncc2)nc1Cl. The molecule has 0 amide bonds. The fourth-order valence-electron chi connectivity index (χ4n) is 1.20. The average Bonchev–Trinajstić information content (AvgIpc) is 2.30. The van der Waals surface area contributed by atoms with E-state index in [0.29, 0.717) is 5.56 Å². The number of halogens is 1. The number of rotatable bonds is 1. The summed E-state index contributed by atoms with van der Waals surface area (Å²) in [4.78, 5) is 8.04. The molecule has 3 nitrogen and oxygen atoms in total. The molecule has 72 valence electrons. The molecule has 4 heteroatoms. The van der Waals surface area contributed by atoms with E-state index in [1.54, 1.807) is 24.5 Å². The standard InChI is InChI=1S/C11H6ClN3/c12-11-9(7-13)1-2-10(15-11)8-3-5-14-6-4-8/h1-6H. The minimum Gasteiger partial charge on any atom is -0.265 e. The van der Waals surface area contributed by atoms with Crippen molar-refractivity contribution in [3.8, 4) is 17.3 Å². The molecule has 0 aromatic carbocycles. The molecular weight excluding hydrogens is 210 g/mol. The molecule has 2 aromatic rings. The van der Waals surface area contributed by atoms with E-state index in [2.05, 4.69) is 9.97 Å². The number of nitriles is 1. The lowest BCUT2D eigenvalue weighted by atomic mass is 10.1. The van der Waals surface area contributed by atoms with Crippen LogP contribution in [0.1, 0.15) is 5.56 Å². The van der Waals surface area contributed by atoms with Crippen molar-refractivity contribution in [2.75, 3.05) is 0 Å². The molecule has 0 bridgehead atoms. The third-order valence-corrected chi connectivity index (χ3v) is 2.23. The van der Waals surface area contributed by atoms with Crippen molar-refractivity contribution in [2.45, 2.75) is 0 Å². The van der Waals surface area contributed by atoms with Crippen LogP contribution in [0.25, 0.3) is 11.3 Å². The zero-order valence-corrected chi connectivity index (χ0v) is 8.44. The van der Waals surface area contributed by atoms with Crippen LogP contribution in [0.4, 0.5) is 0 Å². The largest absolute Gasteiger partial charge is 0.265 e. The summed E-state index contributed by atoms with van der Waals surface area (Å²) >= 11 is 5.83. The van der Waals surface area contributed by atoms with Gasteiger partial charge in [-0.3, -0.25) is 4.98 Å². The van der Waals surface area contributed by atoms with Crippen molar-refractivity contribution >= 4 is 11.6 Å². The van der Waals surface area contributed by atoms with Crippen molar-refractivity contribution in [1.29, 1.82) is 5.26 Å². The van der Waals surface area contributed by atoms with Crippen LogP contribution in [0, 0.1) is 11.3 Å². The van der Waals surface area contributed by atoms with Crippen molar-refractivity contribution in [3.05, 3.63) is 47.4 Å². The van der Waals surface area contributed by atoms with Gasteiger partial charge in [-0.1, -0.05) is 11.6 Å². The van der Waals surface area contributed by atoms with Gasteiger partial charge in [-0.2, -0.15) is 5.26 Å². The van der Waals surface area contributed by atoms with Crippen LogP contribution in [0.3, 0.4) is 0 Å². The van der Waals surface area contributed by atoms with E-state index in [0.717, 1.165) is 11.3 Å². The molecule has 0 aliphatic heterocycles. The van der Waals surface area contributed by atoms with E-state index in [1.165, 1.54) is 0 Å². The Bertz CT molecular complexity index is 517. The first-order valence-corrected chi connectivity index (χ1v) is 4.66. The number of nitrogens with zero attached hydrogens (tertiary/aromatic N) is 3. The minimum atomic E-state index is 0.229. The van der Waals surface area contributed by atoms with Crippen LogP contribution in [0.2, 0.25) is 5.15 Å². The fraction of sp³-hybridized carbons (Fsp3) is 0. The average molecular weight is 216 g/mol. The normalized spacial score (nSPS) is 9.60. The Hall–Kier alpha value is -1.92. The van der Waals surface area contributed by atoms with E-state index in [-0.39, 0.29) is 5.15 Å². The van der Waals surface area contributed by atoms with Gasteiger partial charge in [0.05, 0.1) is 11.3 Å². The maximum absolute atomic E-state index is 8.70. The first-order valence-electron chi connectivity index (χ1n) is 4.28. The second-order valence-electron chi connectivity index (χ2n) is 2.88. The molecule has 0 N–H and O–H groups in total. The molecule has 0 saturated carbocycles. The maximum atomic E-state index is 8.70. The van der Waals surface area contributed by atoms with Crippen molar-refractivity contribution in [2.24, 2.45) is 0 Å². The molecule has 2 rings (SSSR count). The zero-order valence-electron chi connectivity index (χ0n) is 7.68. The summed E-state index contributed by atoms with van der Waals surface area (Å²) in [6, 6.07) is 9.06. The Labute approximate surface area is 92.0 Å². The predicted octanol–water partition coefficient (Wildman–Crippen LogP) is 2.67. The Morgan fingerprint density at radius 1 is 1.13 bits per heavy atom. The number of aromatic nitrogens is 2. The van der Waals surface area contributed by atoms with Crippen LogP contribution < -0.4 is 0 Å². The first-order chi connectivity index (χ1) is 7.31. The van der Waals surface area contributed by atoms with Crippen LogP contribution in [-0.4, -0.2) is 9.97 Å². The summed E-state index contributed by atoms with van der Waals surface area (Å²) in [5, 5.41) is 8.92. The van der Waals surface area contributed by atoms with Crippen molar-refractivity contribution < 1.29 is 0 Å². The van der Waals surface area contributed by atoms with E-state index in [4.69, 9.17) is 16.9 Å². The second-order valence-corrected chi connectivity index (χ2v) is 3.24. The van der Waals surface area contributed by atoms with Gasteiger partial charge in [-0.15, -0.1) is 0 Å². The van der Waals surface area contributed by atoms with Crippen LogP contribution in [-0.2, 0) is 0 Å². The first kappa shape index (κ1) is 9.63. The van der Waals surface area contributed by atoms with Crippen molar-refractivity contribution in [3.63, 3.8) is 0 Å². The van der Waals surface area contributed by atoms with Gasteiger partial charge in [0.1, 0.15) is 11.2 Å². The smallest absolute Gasteiger partial charge is 0.147 e.